The molecule has 0 spiro atoms. The van der Waals surface area contributed by atoms with Gasteiger partial charge in [0.05, 0.1) is 6.10 Å². The highest BCUT2D eigenvalue weighted by Crippen LogP contribution is 2.37. The van der Waals surface area contributed by atoms with E-state index >= 15 is 0 Å². The van der Waals surface area contributed by atoms with E-state index in [0.717, 1.165) is 24.4 Å². The van der Waals surface area contributed by atoms with E-state index < -0.39 is 0 Å². The van der Waals surface area contributed by atoms with Crippen LogP contribution in [-0.2, 0) is 4.74 Å². The first kappa shape index (κ1) is 16.3. The smallest absolute Gasteiger partial charge is 0.0576 e. The molecule has 2 aliphatic rings. The molecule has 0 radical (unpaired) electrons. The van der Waals surface area contributed by atoms with Crippen LogP contribution >= 0.6 is 0 Å². The first-order chi connectivity index (χ1) is 9.44. The minimum Gasteiger partial charge on any atom is -0.378 e. The lowest BCUT2D eigenvalue weighted by molar-refractivity contribution is 0.0844. The zero-order chi connectivity index (χ0) is 14.6. The maximum Gasteiger partial charge on any atom is 0.0576 e. The van der Waals surface area contributed by atoms with E-state index in [-0.39, 0.29) is 5.54 Å². The summed E-state index contributed by atoms with van der Waals surface area (Å²) in [6, 6.07) is 0. The molecule has 20 heavy (non-hydrogen) atoms. The summed E-state index contributed by atoms with van der Waals surface area (Å²) in [5.74, 6) is 2.72. The molecule has 1 aliphatic carbocycles. The molecule has 2 heteroatoms. The molecule has 118 valence electrons. The molecular weight excluding hydrogens is 246 g/mol. The second-order valence-electron chi connectivity index (χ2n) is 8.28. The van der Waals surface area contributed by atoms with Crippen LogP contribution in [0.1, 0.15) is 72.6 Å². The van der Waals surface area contributed by atoms with Gasteiger partial charge in [-0.25, -0.2) is 0 Å². The number of rotatable bonds is 5. The Bertz CT molecular complexity index is 278. The molecule has 1 saturated heterocycles. The maximum atomic E-state index is 5.80. The Kier molecular flexibility index (Phi) is 5.92. The lowest BCUT2D eigenvalue weighted by Crippen LogP contribution is -2.42. The SMILES string of the molecule is CC1CCC(CNC(C)(C)C)C(CCC2CCCO2)C1. The summed E-state index contributed by atoms with van der Waals surface area (Å²) in [4.78, 5) is 0. The molecule has 2 rings (SSSR count). The van der Waals surface area contributed by atoms with Crippen molar-refractivity contribution < 1.29 is 4.74 Å². The lowest BCUT2D eigenvalue weighted by atomic mass is 9.72. The summed E-state index contributed by atoms with van der Waals surface area (Å²) < 4.78 is 5.80. The van der Waals surface area contributed by atoms with Gasteiger partial charge < -0.3 is 10.1 Å². The van der Waals surface area contributed by atoms with Gasteiger partial charge in [0.2, 0.25) is 0 Å². The predicted molar refractivity (Wildman–Crippen MR) is 86.0 cm³/mol. The number of hydrogen-bond acceptors (Lipinski definition) is 2. The first-order valence-corrected chi connectivity index (χ1v) is 8.80. The summed E-state index contributed by atoms with van der Waals surface area (Å²) in [6.07, 6.45) is 10.1. The summed E-state index contributed by atoms with van der Waals surface area (Å²) >= 11 is 0. The van der Waals surface area contributed by atoms with Crippen LogP contribution in [0.25, 0.3) is 0 Å². The Morgan fingerprint density at radius 3 is 2.50 bits per heavy atom. The van der Waals surface area contributed by atoms with Crippen molar-refractivity contribution in [2.75, 3.05) is 13.2 Å². The second-order valence-corrected chi connectivity index (χ2v) is 8.28. The van der Waals surface area contributed by atoms with E-state index in [0.29, 0.717) is 6.10 Å². The minimum absolute atomic E-state index is 0.252. The van der Waals surface area contributed by atoms with Crippen molar-refractivity contribution in [1.29, 1.82) is 0 Å². The molecule has 2 nitrogen and oxygen atoms in total. The van der Waals surface area contributed by atoms with E-state index in [4.69, 9.17) is 4.74 Å². The van der Waals surface area contributed by atoms with Gasteiger partial charge in [0.25, 0.3) is 0 Å². The van der Waals surface area contributed by atoms with Crippen LogP contribution in [-0.4, -0.2) is 24.8 Å². The molecule has 0 aromatic heterocycles. The van der Waals surface area contributed by atoms with Crippen molar-refractivity contribution in [1.82, 2.24) is 5.32 Å². The molecule has 1 aliphatic heterocycles. The van der Waals surface area contributed by atoms with Gasteiger partial charge in [-0.2, -0.15) is 0 Å². The topological polar surface area (TPSA) is 21.3 Å². The Balaban J connectivity index is 1.80. The van der Waals surface area contributed by atoms with Crippen molar-refractivity contribution in [3.63, 3.8) is 0 Å². The summed E-state index contributed by atoms with van der Waals surface area (Å²) in [6.45, 7) is 11.5. The third kappa shape index (κ3) is 5.37. The molecule has 2 fully saturated rings. The molecule has 0 bridgehead atoms. The highest BCUT2D eigenvalue weighted by molar-refractivity contribution is 4.83. The van der Waals surface area contributed by atoms with Crippen LogP contribution in [0.3, 0.4) is 0 Å². The largest absolute Gasteiger partial charge is 0.378 e. The lowest BCUT2D eigenvalue weighted by Gasteiger charge is -2.37. The third-order valence-corrected chi connectivity index (χ3v) is 5.18. The van der Waals surface area contributed by atoms with Crippen molar-refractivity contribution in [2.24, 2.45) is 17.8 Å². The Hall–Kier alpha value is -0.0800. The highest BCUT2D eigenvalue weighted by Gasteiger charge is 2.30. The van der Waals surface area contributed by atoms with Crippen molar-refractivity contribution in [3.05, 3.63) is 0 Å². The Labute approximate surface area is 126 Å². The van der Waals surface area contributed by atoms with Crippen LogP contribution in [0.5, 0.6) is 0 Å². The monoisotopic (exact) mass is 281 g/mol. The minimum atomic E-state index is 0.252. The number of nitrogens with one attached hydrogen (secondary N) is 1. The molecule has 0 aromatic carbocycles. The average molecular weight is 281 g/mol. The van der Waals surface area contributed by atoms with E-state index in [2.05, 4.69) is 33.0 Å². The quantitative estimate of drug-likeness (QED) is 0.807. The van der Waals surface area contributed by atoms with E-state index in [1.165, 1.54) is 51.5 Å². The molecule has 4 unspecified atom stereocenters. The Morgan fingerprint density at radius 1 is 1.05 bits per heavy atom. The molecule has 1 N–H and O–H groups in total. The van der Waals surface area contributed by atoms with Gasteiger partial charge in [-0.15, -0.1) is 0 Å². The molecule has 4 atom stereocenters. The predicted octanol–water partition coefficient (Wildman–Crippen LogP) is 4.39. The van der Waals surface area contributed by atoms with Crippen LogP contribution in [0.2, 0.25) is 0 Å². The number of ether oxygens (including phenoxy) is 1. The van der Waals surface area contributed by atoms with Gasteiger partial charge in [0.15, 0.2) is 0 Å². The van der Waals surface area contributed by atoms with E-state index in [9.17, 15) is 0 Å². The van der Waals surface area contributed by atoms with Crippen LogP contribution in [0.15, 0.2) is 0 Å². The zero-order valence-corrected chi connectivity index (χ0v) is 14.1. The van der Waals surface area contributed by atoms with Crippen LogP contribution in [0.4, 0.5) is 0 Å². The fraction of sp³-hybridized carbons (Fsp3) is 1.00. The van der Waals surface area contributed by atoms with Gasteiger partial charge >= 0.3 is 0 Å². The van der Waals surface area contributed by atoms with Gasteiger partial charge in [-0.3, -0.25) is 0 Å². The van der Waals surface area contributed by atoms with Gasteiger partial charge in [-0.05, 0) is 83.6 Å². The molecule has 1 saturated carbocycles. The first-order valence-electron chi connectivity index (χ1n) is 8.80. The maximum absolute atomic E-state index is 5.80. The van der Waals surface area contributed by atoms with Gasteiger partial charge in [0, 0.05) is 12.1 Å². The van der Waals surface area contributed by atoms with Gasteiger partial charge in [-0.1, -0.05) is 13.3 Å². The average Bonchev–Trinajstić information content (AvgIpc) is 2.87. The van der Waals surface area contributed by atoms with Crippen LogP contribution < -0.4 is 5.32 Å². The van der Waals surface area contributed by atoms with Crippen molar-refractivity contribution >= 4 is 0 Å². The molecular formula is C18H35NO. The fourth-order valence-electron chi connectivity index (χ4n) is 3.89. The molecule has 0 aromatic rings. The molecule has 0 amide bonds. The van der Waals surface area contributed by atoms with Crippen LogP contribution in [0, 0.1) is 17.8 Å². The summed E-state index contributed by atoms with van der Waals surface area (Å²) in [7, 11) is 0. The highest BCUT2D eigenvalue weighted by atomic mass is 16.5. The molecule has 1 heterocycles. The van der Waals surface area contributed by atoms with Crippen molar-refractivity contribution in [3.8, 4) is 0 Å². The third-order valence-electron chi connectivity index (χ3n) is 5.18. The second kappa shape index (κ2) is 7.26. The zero-order valence-electron chi connectivity index (χ0n) is 14.1. The Morgan fingerprint density at radius 2 is 1.85 bits per heavy atom. The normalized spacial score (nSPS) is 35.4. The van der Waals surface area contributed by atoms with Crippen molar-refractivity contribution in [2.45, 2.75) is 84.3 Å². The summed E-state index contributed by atoms with van der Waals surface area (Å²) in [5, 5.41) is 3.73. The van der Waals surface area contributed by atoms with E-state index in [1.54, 1.807) is 0 Å². The van der Waals surface area contributed by atoms with E-state index in [1.807, 2.05) is 0 Å². The fourth-order valence-corrected chi connectivity index (χ4v) is 3.89. The summed E-state index contributed by atoms with van der Waals surface area (Å²) in [5.41, 5.74) is 0.252. The number of hydrogen-bond donors (Lipinski definition) is 1. The standard InChI is InChI=1S/C18H35NO/c1-14-7-8-16(13-19-18(2,3)4)15(12-14)9-10-17-6-5-11-20-17/h14-17,19H,5-13H2,1-4H3. The van der Waals surface area contributed by atoms with Gasteiger partial charge in [0.1, 0.15) is 0 Å².